The molecule has 1 atom stereocenters. The van der Waals surface area contributed by atoms with Gasteiger partial charge in [-0.25, -0.2) is 0 Å². The summed E-state index contributed by atoms with van der Waals surface area (Å²) in [5.74, 6) is 0.0587. The maximum Gasteiger partial charge on any atom is 0.282 e. The average Bonchev–Trinajstić information content (AvgIpc) is 2.74. The number of rotatable bonds is 2. The number of nitrogens with one attached hydrogen (secondary N) is 1. The summed E-state index contributed by atoms with van der Waals surface area (Å²) in [4.78, 5) is 13.9. The van der Waals surface area contributed by atoms with Crippen LogP contribution in [0.25, 0.3) is 0 Å². The monoisotopic (exact) mass is 346 g/mol. The standard InChI is InChI=1S/C14H26N4O4S/c1-16-6-7-18(23(20,21)17-8-10-22-11-9-17)12-14(16)3-2-13(19)15-5-4-14/h2-12H2,1H3,(H,15,19)/t14-/m0/s1. The summed E-state index contributed by atoms with van der Waals surface area (Å²) in [6, 6.07) is 0. The zero-order chi connectivity index (χ0) is 16.5. The van der Waals surface area contributed by atoms with E-state index in [0.717, 1.165) is 6.42 Å². The number of nitrogens with zero attached hydrogens (tertiary/aromatic N) is 3. The minimum atomic E-state index is -3.45. The first-order valence-electron chi connectivity index (χ1n) is 8.25. The Morgan fingerprint density at radius 3 is 2.57 bits per heavy atom. The molecule has 1 spiro atoms. The van der Waals surface area contributed by atoms with E-state index in [1.165, 1.54) is 4.31 Å². The van der Waals surface area contributed by atoms with Gasteiger partial charge in [0, 0.05) is 51.2 Å². The molecule has 0 aliphatic carbocycles. The number of amides is 1. The maximum absolute atomic E-state index is 12.9. The number of hydrogen-bond acceptors (Lipinski definition) is 5. The maximum atomic E-state index is 12.9. The molecule has 3 saturated heterocycles. The van der Waals surface area contributed by atoms with Crippen LogP contribution in [0.15, 0.2) is 0 Å². The van der Waals surface area contributed by atoms with Crippen LogP contribution in [0.5, 0.6) is 0 Å². The van der Waals surface area contributed by atoms with Crippen LogP contribution in [0.2, 0.25) is 0 Å². The molecule has 3 heterocycles. The van der Waals surface area contributed by atoms with Gasteiger partial charge in [-0.05, 0) is 19.9 Å². The van der Waals surface area contributed by atoms with E-state index < -0.39 is 10.2 Å². The number of hydrogen-bond donors (Lipinski definition) is 1. The van der Waals surface area contributed by atoms with E-state index in [0.29, 0.717) is 65.3 Å². The summed E-state index contributed by atoms with van der Waals surface area (Å²) >= 11 is 0. The molecule has 9 heteroatoms. The zero-order valence-corrected chi connectivity index (χ0v) is 14.5. The largest absolute Gasteiger partial charge is 0.379 e. The normalized spacial score (nSPS) is 32.7. The van der Waals surface area contributed by atoms with E-state index in [4.69, 9.17) is 4.74 Å². The smallest absolute Gasteiger partial charge is 0.282 e. The van der Waals surface area contributed by atoms with E-state index >= 15 is 0 Å². The highest BCUT2D eigenvalue weighted by Gasteiger charge is 2.45. The highest BCUT2D eigenvalue weighted by atomic mass is 32.2. The topological polar surface area (TPSA) is 82.2 Å². The van der Waals surface area contributed by atoms with E-state index in [9.17, 15) is 13.2 Å². The minimum Gasteiger partial charge on any atom is -0.379 e. The molecule has 0 aromatic heterocycles. The van der Waals surface area contributed by atoms with Gasteiger partial charge in [0.2, 0.25) is 5.91 Å². The summed E-state index contributed by atoms with van der Waals surface area (Å²) in [6.45, 7) is 4.00. The quantitative estimate of drug-likeness (QED) is 0.683. The van der Waals surface area contributed by atoms with E-state index in [-0.39, 0.29) is 11.4 Å². The Hall–Kier alpha value is -0.740. The third-order valence-corrected chi connectivity index (χ3v) is 7.30. The molecule has 0 saturated carbocycles. The number of morpholine rings is 1. The Bertz CT molecular complexity index is 549. The fourth-order valence-electron chi connectivity index (χ4n) is 3.70. The highest BCUT2D eigenvalue weighted by molar-refractivity contribution is 7.86. The van der Waals surface area contributed by atoms with Gasteiger partial charge < -0.3 is 10.1 Å². The molecule has 1 N–H and O–H groups in total. The van der Waals surface area contributed by atoms with Gasteiger partial charge in [0.1, 0.15) is 0 Å². The van der Waals surface area contributed by atoms with Gasteiger partial charge in [0.25, 0.3) is 10.2 Å². The molecule has 8 nitrogen and oxygen atoms in total. The van der Waals surface area contributed by atoms with Gasteiger partial charge in [-0.15, -0.1) is 0 Å². The van der Waals surface area contributed by atoms with Crippen LogP contribution in [-0.4, -0.2) is 92.9 Å². The van der Waals surface area contributed by atoms with Gasteiger partial charge in [0.05, 0.1) is 13.2 Å². The highest BCUT2D eigenvalue weighted by Crippen LogP contribution is 2.32. The Morgan fingerprint density at radius 1 is 1.09 bits per heavy atom. The third-order valence-electron chi connectivity index (χ3n) is 5.32. The van der Waals surface area contributed by atoms with Crippen molar-refractivity contribution in [3.63, 3.8) is 0 Å². The van der Waals surface area contributed by atoms with Crippen molar-refractivity contribution in [1.29, 1.82) is 0 Å². The van der Waals surface area contributed by atoms with Crippen molar-refractivity contribution < 1.29 is 17.9 Å². The first-order valence-corrected chi connectivity index (χ1v) is 9.65. The molecular formula is C14H26N4O4S. The van der Waals surface area contributed by atoms with Crippen molar-refractivity contribution >= 4 is 16.1 Å². The molecule has 23 heavy (non-hydrogen) atoms. The lowest BCUT2D eigenvalue weighted by atomic mass is 9.87. The Labute approximate surface area is 137 Å². The van der Waals surface area contributed by atoms with Crippen LogP contribution >= 0.6 is 0 Å². The van der Waals surface area contributed by atoms with E-state index in [1.54, 1.807) is 4.31 Å². The zero-order valence-electron chi connectivity index (χ0n) is 13.7. The molecule has 3 fully saturated rings. The van der Waals surface area contributed by atoms with Crippen LogP contribution in [0.3, 0.4) is 0 Å². The minimum absolute atomic E-state index is 0.0587. The van der Waals surface area contributed by atoms with Gasteiger partial charge in [0.15, 0.2) is 0 Å². The van der Waals surface area contributed by atoms with E-state index in [2.05, 4.69) is 10.2 Å². The molecule has 3 rings (SSSR count). The molecule has 0 aromatic carbocycles. The second-order valence-electron chi connectivity index (χ2n) is 6.60. The van der Waals surface area contributed by atoms with Crippen LogP contribution in [-0.2, 0) is 19.7 Å². The van der Waals surface area contributed by atoms with Gasteiger partial charge in [-0.3, -0.25) is 9.69 Å². The average molecular weight is 346 g/mol. The first-order chi connectivity index (χ1) is 10.9. The van der Waals surface area contributed by atoms with Crippen molar-refractivity contribution in [3.05, 3.63) is 0 Å². The van der Waals surface area contributed by atoms with E-state index in [1.807, 2.05) is 7.05 Å². The molecule has 0 bridgehead atoms. The number of ether oxygens (including phenoxy) is 1. The van der Waals surface area contributed by atoms with Gasteiger partial charge in [-0.1, -0.05) is 0 Å². The molecule has 0 unspecified atom stereocenters. The second-order valence-corrected chi connectivity index (χ2v) is 8.53. The van der Waals surface area contributed by atoms with Crippen molar-refractivity contribution in [2.45, 2.75) is 24.8 Å². The molecule has 3 aliphatic rings. The van der Waals surface area contributed by atoms with Crippen molar-refractivity contribution in [2.24, 2.45) is 0 Å². The summed E-state index contributed by atoms with van der Waals surface area (Å²) in [5.41, 5.74) is -0.253. The van der Waals surface area contributed by atoms with Crippen molar-refractivity contribution in [3.8, 4) is 0 Å². The lowest BCUT2D eigenvalue weighted by Crippen LogP contribution is -2.64. The first kappa shape index (κ1) is 17.1. The van der Waals surface area contributed by atoms with Crippen LogP contribution < -0.4 is 5.32 Å². The summed E-state index contributed by atoms with van der Waals surface area (Å²) in [5, 5.41) is 2.89. The van der Waals surface area contributed by atoms with Crippen molar-refractivity contribution in [2.75, 3.05) is 59.5 Å². The summed E-state index contributed by atoms with van der Waals surface area (Å²) < 4.78 is 34.2. The number of piperazine rings is 1. The number of carbonyl (C=O) groups excluding carboxylic acids is 1. The number of likely N-dealkylation sites (N-methyl/N-ethyl adjacent to an activating group) is 1. The molecule has 3 aliphatic heterocycles. The lowest BCUT2D eigenvalue weighted by Gasteiger charge is -2.49. The second kappa shape index (κ2) is 6.64. The summed E-state index contributed by atoms with van der Waals surface area (Å²) in [6.07, 6.45) is 1.94. The van der Waals surface area contributed by atoms with Gasteiger partial charge in [-0.2, -0.15) is 17.0 Å². The summed E-state index contributed by atoms with van der Waals surface area (Å²) in [7, 11) is -1.42. The van der Waals surface area contributed by atoms with Crippen LogP contribution in [0.4, 0.5) is 0 Å². The molecule has 0 aromatic rings. The molecule has 1 amide bonds. The Balaban J connectivity index is 1.78. The predicted molar refractivity (Wildman–Crippen MR) is 85.1 cm³/mol. The Kier molecular flexibility index (Phi) is 4.93. The SMILES string of the molecule is CN1CCN(S(=O)(=O)N2CCOCC2)C[C@]12CCNC(=O)CC2. The third kappa shape index (κ3) is 3.39. The predicted octanol–water partition coefficient (Wildman–Crippen LogP) is -1.15. The lowest BCUT2D eigenvalue weighted by molar-refractivity contribution is -0.121. The fourth-order valence-corrected chi connectivity index (χ4v) is 5.35. The molecule has 132 valence electrons. The molecular weight excluding hydrogens is 320 g/mol. The number of carbonyl (C=O) groups is 1. The molecule has 0 radical (unpaired) electrons. The van der Waals surface area contributed by atoms with Gasteiger partial charge >= 0.3 is 0 Å². The Morgan fingerprint density at radius 2 is 1.83 bits per heavy atom. The van der Waals surface area contributed by atoms with Crippen molar-refractivity contribution in [1.82, 2.24) is 18.8 Å². The van der Waals surface area contributed by atoms with Crippen LogP contribution in [0, 0.1) is 0 Å². The van der Waals surface area contributed by atoms with Crippen LogP contribution in [0.1, 0.15) is 19.3 Å². The fraction of sp³-hybridized carbons (Fsp3) is 0.929.